The van der Waals surface area contributed by atoms with Gasteiger partial charge in [-0.1, -0.05) is 11.6 Å². The van der Waals surface area contributed by atoms with Crippen molar-refractivity contribution in [3.05, 3.63) is 52.3 Å². The number of hydrazone groups is 1. The van der Waals surface area contributed by atoms with Gasteiger partial charge in [0.1, 0.15) is 0 Å². The van der Waals surface area contributed by atoms with E-state index in [-0.39, 0.29) is 22.4 Å². The molecule has 1 aromatic carbocycles. The van der Waals surface area contributed by atoms with Gasteiger partial charge in [-0.2, -0.15) is 5.10 Å². The van der Waals surface area contributed by atoms with Crippen LogP contribution in [0.4, 0.5) is 0 Å². The van der Waals surface area contributed by atoms with Gasteiger partial charge in [0.2, 0.25) is 0 Å². The molecule has 0 atom stereocenters. The topological polar surface area (TPSA) is 83.8 Å². The average Bonchev–Trinajstić information content (AvgIpc) is 2.51. The second-order valence-electron chi connectivity index (χ2n) is 4.44. The predicted molar refractivity (Wildman–Crippen MR) is 83.7 cm³/mol. The lowest BCUT2D eigenvalue weighted by Gasteiger charge is -2.06. The molecular weight excluding hydrogens is 306 g/mol. The Hall–Kier alpha value is -2.60. The van der Waals surface area contributed by atoms with Gasteiger partial charge in [0.05, 0.1) is 23.9 Å². The Kier molecular flexibility index (Phi) is 4.95. The second-order valence-corrected chi connectivity index (χ2v) is 4.85. The van der Waals surface area contributed by atoms with Gasteiger partial charge in [-0.3, -0.25) is 9.78 Å². The van der Waals surface area contributed by atoms with Crippen molar-refractivity contribution in [3.63, 3.8) is 0 Å². The molecule has 114 valence electrons. The van der Waals surface area contributed by atoms with Gasteiger partial charge in [-0.25, -0.2) is 5.43 Å². The highest BCUT2D eigenvalue weighted by Gasteiger charge is 2.08. The summed E-state index contributed by atoms with van der Waals surface area (Å²) in [5, 5.41) is 13.6. The number of aryl methyl sites for hydroxylation is 1. The van der Waals surface area contributed by atoms with Crippen molar-refractivity contribution < 1.29 is 14.6 Å². The summed E-state index contributed by atoms with van der Waals surface area (Å²) < 4.78 is 4.98. The molecule has 0 unspecified atom stereocenters. The van der Waals surface area contributed by atoms with E-state index >= 15 is 0 Å². The number of phenols is 1. The first-order valence-electron chi connectivity index (χ1n) is 6.34. The van der Waals surface area contributed by atoms with E-state index in [0.29, 0.717) is 11.1 Å². The van der Waals surface area contributed by atoms with Crippen LogP contribution in [0.25, 0.3) is 0 Å². The maximum absolute atomic E-state index is 11.8. The number of rotatable bonds is 4. The zero-order chi connectivity index (χ0) is 16.1. The summed E-state index contributed by atoms with van der Waals surface area (Å²) in [7, 11) is 1.42. The van der Waals surface area contributed by atoms with Crippen molar-refractivity contribution >= 4 is 23.7 Å². The number of methoxy groups -OCH3 is 1. The van der Waals surface area contributed by atoms with Crippen LogP contribution >= 0.6 is 11.6 Å². The summed E-state index contributed by atoms with van der Waals surface area (Å²) in [5.41, 5.74) is 4.19. The second kappa shape index (κ2) is 6.91. The summed E-state index contributed by atoms with van der Waals surface area (Å²) in [6.07, 6.45) is 2.87. The molecule has 6 nitrogen and oxygen atoms in total. The van der Waals surface area contributed by atoms with Gasteiger partial charge in [-0.05, 0) is 36.8 Å². The Morgan fingerprint density at radius 1 is 1.45 bits per heavy atom. The molecule has 0 saturated heterocycles. The molecule has 1 aromatic heterocycles. The van der Waals surface area contributed by atoms with Gasteiger partial charge in [0, 0.05) is 11.9 Å². The Bertz CT molecular complexity index is 715. The van der Waals surface area contributed by atoms with E-state index in [9.17, 15) is 9.90 Å². The summed E-state index contributed by atoms with van der Waals surface area (Å²) in [6.45, 7) is 1.84. The SMILES string of the molecule is COc1cc(/C=N\NC(=O)c2ccc(C)nc2)cc(Cl)c1O. The van der Waals surface area contributed by atoms with Crippen molar-refractivity contribution in [2.24, 2.45) is 5.10 Å². The van der Waals surface area contributed by atoms with Crippen LogP contribution in [0, 0.1) is 6.92 Å². The van der Waals surface area contributed by atoms with E-state index in [4.69, 9.17) is 16.3 Å². The first-order chi connectivity index (χ1) is 10.5. The molecule has 0 bridgehead atoms. The van der Waals surface area contributed by atoms with Crippen molar-refractivity contribution in [3.8, 4) is 11.5 Å². The van der Waals surface area contributed by atoms with Crippen molar-refractivity contribution in [1.82, 2.24) is 10.4 Å². The van der Waals surface area contributed by atoms with Crippen LogP contribution in [-0.2, 0) is 0 Å². The van der Waals surface area contributed by atoms with E-state index in [1.165, 1.54) is 25.6 Å². The maximum atomic E-state index is 11.8. The number of pyridine rings is 1. The number of hydrogen-bond acceptors (Lipinski definition) is 5. The largest absolute Gasteiger partial charge is 0.503 e. The van der Waals surface area contributed by atoms with Crippen LogP contribution in [0.15, 0.2) is 35.6 Å². The van der Waals surface area contributed by atoms with E-state index in [1.807, 2.05) is 6.92 Å². The standard InChI is InChI=1S/C15H14ClN3O3/c1-9-3-4-11(8-17-9)15(21)19-18-7-10-5-12(16)14(20)13(6-10)22-2/h3-8,20H,1-2H3,(H,19,21)/b18-7-. The number of benzene rings is 1. The number of nitrogens with one attached hydrogen (secondary N) is 1. The van der Waals surface area contributed by atoms with Gasteiger partial charge in [-0.15, -0.1) is 0 Å². The molecule has 0 aliphatic heterocycles. The lowest BCUT2D eigenvalue weighted by Crippen LogP contribution is -2.17. The van der Waals surface area contributed by atoms with Crippen LogP contribution in [0.2, 0.25) is 5.02 Å². The Labute approximate surface area is 132 Å². The quantitative estimate of drug-likeness (QED) is 0.670. The monoisotopic (exact) mass is 319 g/mol. The van der Waals surface area contributed by atoms with Gasteiger partial charge < -0.3 is 9.84 Å². The van der Waals surface area contributed by atoms with Crippen LogP contribution in [0.3, 0.4) is 0 Å². The molecule has 7 heteroatoms. The molecule has 2 aromatic rings. The van der Waals surface area contributed by atoms with Crippen molar-refractivity contribution in [2.75, 3.05) is 7.11 Å². The number of carbonyl (C=O) groups excluding carboxylic acids is 1. The number of halogens is 1. The fourth-order valence-electron chi connectivity index (χ4n) is 1.66. The first-order valence-corrected chi connectivity index (χ1v) is 6.71. The zero-order valence-corrected chi connectivity index (χ0v) is 12.8. The molecule has 1 amide bonds. The molecule has 1 heterocycles. The fourth-order valence-corrected chi connectivity index (χ4v) is 1.88. The number of amides is 1. The average molecular weight is 320 g/mol. The highest BCUT2D eigenvalue weighted by atomic mass is 35.5. The molecule has 22 heavy (non-hydrogen) atoms. The first kappa shape index (κ1) is 15.8. The highest BCUT2D eigenvalue weighted by Crippen LogP contribution is 2.34. The fraction of sp³-hybridized carbons (Fsp3) is 0.133. The Morgan fingerprint density at radius 3 is 2.86 bits per heavy atom. The van der Waals surface area contributed by atoms with E-state index in [2.05, 4.69) is 15.5 Å². The third kappa shape index (κ3) is 3.73. The third-order valence-corrected chi connectivity index (χ3v) is 3.11. The minimum absolute atomic E-state index is 0.134. The van der Waals surface area contributed by atoms with Crippen LogP contribution in [0.1, 0.15) is 21.6 Å². The molecule has 2 N–H and O–H groups in total. The van der Waals surface area contributed by atoms with E-state index in [1.54, 1.807) is 18.2 Å². The van der Waals surface area contributed by atoms with Gasteiger partial charge in [0.25, 0.3) is 5.91 Å². The summed E-state index contributed by atoms with van der Waals surface area (Å²) >= 11 is 5.86. The minimum Gasteiger partial charge on any atom is -0.503 e. The van der Waals surface area contributed by atoms with E-state index in [0.717, 1.165) is 5.69 Å². The molecule has 0 radical (unpaired) electrons. The molecular formula is C15H14ClN3O3. The summed E-state index contributed by atoms with van der Waals surface area (Å²) in [6, 6.07) is 6.45. The third-order valence-electron chi connectivity index (χ3n) is 2.82. The van der Waals surface area contributed by atoms with E-state index < -0.39 is 0 Å². The number of hydrogen-bond donors (Lipinski definition) is 2. The highest BCUT2D eigenvalue weighted by molar-refractivity contribution is 6.32. The Morgan fingerprint density at radius 2 is 2.23 bits per heavy atom. The number of nitrogens with zero attached hydrogens (tertiary/aromatic N) is 2. The molecule has 0 aliphatic rings. The van der Waals surface area contributed by atoms with Crippen LogP contribution in [0.5, 0.6) is 11.5 Å². The summed E-state index contributed by atoms with van der Waals surface area (Å²) in [5.74, 6) is -0.292. The Balaban J connectivity index is 2.08. The lowest BCUT2D eigenvalue weighted by atomic mass is 10.2. The minimum atomic E-state index is -0.374. The smallest absolute Gasteiger partial charge is 0.272 e. The molecule has 0 aliphatic carbocycles. The van der Waals surface area contributed by atoms with Crippen LogP contribution in [-0.4, -0.2) is 29.3 Å². The normalized spacial score (nSPS) is 10.7. The number of aromatic hydroxyl groups is 1. The van der Waals surface area contributed by atoms with Crippen LogP contribution < -0.4 is 10.2 Å². The number of aromatic nitrogens is 1. The molecule has 0 fully saturated rings. The number of phenolic OH excluding ortho intramolecular Hbond substituents is 1. The summed E-state index contributed by atoms with van der Waals surface area (Å²) in [4.78, 5) is 15.9. The van der Waals surface area contributed by atoms with Gasteiger partial charge >= 0.3 is 0 Å². The van der Waals surface area contributed by atoms with Crippen molar-refractivity contribution in [1.29, 1.82) is 0 Å². The molecule has 0 spiro atoms. The van der Waals surface area contributed by atoms with Gasteiger partial charge in [0.15, 0.2) is 11.5 Å². The molecule has 0 saturated carbocycles. The zero-order valence-electron chi connectivity index (χ0n) is 12.0. The maximum Gasteiger partial charge on any atom is 0.272 e. The number of ether oxygens (including phenoxy) is 1. The van der Waals surface area contributed by atoms with Crippen molar-refractivity contribution in [2.45, 2.75) is 6.92 Å². The predicted octanol–water partition coefficient (Wildman–Crippen LogP) is 2.52. The number of carbonyl (C=O) groups is 1. The lowest BCUT2D eigenvalue weighted by molar-refractivity contribution is 0.0955. The molecule has 2 rings (SSSR count).